The first-order valence-electron chi connectivity index (χ1n) is 7.11. The Morgan fingerprint density at radius 1 is 1.42 bits per heavy atom. The fourth-order valence-electron chi connectivity index (χ4n) is 1.87. The van der Waals surface area contributed by atoms with Crippen LogP contribution in [0.2, 0.25) is 0 Å². The first kappa shape index (κ1) is 20.0. The molecule has 0 aliphatic rings. The molecule has 136 valence electrons. The number of nitrogens with one attached hydrogen (secondary N) is 1. The minimum absolute atomic E-state index is 0.00424. The van der Waals surface area contributed by atoms with Crippen LogP contribution in [-0.4, -0.2) is 62.2 Å². The number of ether oxygens (including phenoxy) is 2. The van der Waals surface area contributed by atoms with Crippen molar-refractivity contribution in [3.63, 3.8) is 0 Å². The molecule has 0 spiro atoms. The molecule has 9 heteroatoms. The van der Waals surface area contributed by atoms with Crippen molar-refractivity contribution in [2.45, 2.75) is 19.2 Å². The first-order chi connectivity index (χ1) is 11.1. The molecule has 0 fully saturated rings. The molecule has 0 saturated heterocycles. The van der Waals surface area contributed by atoms with E-state index in [0.717, 1.165) is 0 Å². The van der Waals surface area contributed by atoms with Crippen LogP contribution in [-0.2, 0) is 4.74 Å². The third-order valence-corrected chi connectivity index (χ3v) is 2.96. The first-order valence-corrected chi connectivity index (χ1v) is 7.11. The van der Waals surface area contributed by atoms with E-state index in [1.54, 1.807) is 13.0 Å². The number of aryl methyl sites for hydroxylation is 1. The van der Waals surface area contributed by atoms with E-state index in [4.69, 9.17) is 9.47 Å². The number of hydrogen-bond donors (Lipinski definition) is 2. The zero-order valence-corrected chi connectivity index (χ0v) is 13.7. The molecule has 2 N–H and O–H groups in total. The minimum atomic E-state index is -4.48. The molecular formula is C15H21F3N2O4. The summed E-state index contributed by atoms with van der Waals surface area (Å²) in [5.41, 5.74) is 0.803. The van der Waals surface area contributed by atoms with Crippen LogP contribution in [0.1, 0.15) is 5.56 Å². The fraction of sp³-hybridized carbons (Fsp3) is 0.533. The monoisotopic (exact) mass is 350 g/mol. The van der Waals surface area contributed by atoms with Crippen molar-refractivity contribution in [3.8, 4) is 5.75 Å². The van der Waals surface area contributed by atoms with Crippen molar-refractivity contribution in [3.05, 3.63) is 23.8 Å². The number of aliphatic hydroxyl groups excluding tert-OH is 1. The maximum atomic E-state index is 12.3. The second kappa shape index (κ2) is 8.74. The highest BCUT2D eigenvalue weighted by Crippen LogP contribution is 2.28. The molecule has 24 heavy (non-hydrogen) atoms. The molecule has 0 bridgehead atoms. The summed E-state index contributed by atoms with van der Waals surface area (Å²) in [4.78, 5) is 13.3. The lowest BCUT2D eigenvalue weighted by Gasteiger charge is -2.22. The lowest BCUT2D eigenvalue weighted by molar-refractivity contribution is -0.153. The molecule has 1 unspecified atom stereocenters. The third kappa shape index (κ3) is 7.05. The van der Waals surface area contributed by atoms with Gasteiger partial charge < -0.3 is 24.8 Å². The topological polar surface area (TPSA) is 71.0 Å². The van der Waals surface area contributed by atoms with Gasteiger partial charge in [-0.3, -0.25) is 0 Å². The number of alkyl halides is 3. The smallest absolute Gasteiger partial charge is 0.422 e. The van der Waals surface area contributed by atoms with Crippen LogP contribution in [0.15, 0.2) is 18.2 Å². The molecule has 1 aromatic rings. The summed E-state index contributed by atoms with van der Waals surface area (Å²) < 4.78 is 46.5. The zero-order chi connectivity index (χ0) is 18.3. The van der Waals surface area contributed by atoms with E-state index in [9.17, 15) is 23.1 Å². The van der Waals surface area contributed by atoms with E-state index in [-0.39, 0.29) is 24.6 Å². The average molecular weight is 350 g/mol. The number of hydrogen-bond acceptors (Lipinski definition) is 4. The highest BCUT2D eigenvalue weighted by Gasteiger charge is 2.29. The molecule has 0 heterocycles. The van der Waals surface area contributed by atoms with Gasteiger partial charge in [0.1, 0.15) is 5.75 Å². The normalized spacial score (nSPS) is 12.6. The SMILES string of the molecule is COCC(O)CN(C)C(=O)Nc1ccc(C)cc1OCC(F)(F)F. The quantitative estimate of drug-likeness (QED) is 0.792. The fourth-order valence-corrected chi connectivity index (χ4v) is 1.87. The van der Waals surface area contributed by atoms with E-state index in [1.807, 2.05) is 0 Å². The van der Waals surface area contributed by atoms with Crippen LogP contribution in [0.3, 0.4) is 0 Å². The van der Waals surface area contributed by atoms with Crippen molar-refractivity contribution in [2.24, 2.45) is 0 Å². The molecular weight excluding hydrogens is 329 g/mol. The summed E-state index contributed by atoms with van der Waals surface area (Å²) in [5.74, 6) is -0.0773. The molecule has 6 nitrogen and oxygen atoms in total. The number of likely N-dealkylation sites (N-methyl/N-ethyl adjacent to an activating group) is 1. The molecule has 0 aromatic heterocycles. The summed E-state index contributed by atoms with van der Waals surface area (Å²) in [5, 5.41) is 12.1. The Morgan fingerprint density at radius 3 is 2.67 bits per heavy atom. The van der Waals surface area contributed by atoms with Crippen LogP contribution in [0.5, 0.6) is 5.75 Å². The van der Waals surface area contributed by atoms with E-state index in [2.05, 4.69) is 5.32 Å². The van der Waals surface area contributed by atoms with Crippen molar-refractivity contribution in [1.29, 1.82) is 0 Å². The van der Waals surface area contributed by atoms with Crippen molar-refractivity contribution >= 4 is 11.7 Å². The molecule has 0 aliphatic carbocycles. The van der Waals surface area contributed by atoms with Gasteiger partial charge >= 0.3 is 12.2 Å². The minimum Gasteiger partial charge on any atom is -0.482 e. The Morgan fingerprint density at radius 2 is 2.08 bits per heavy atom. The van der Waals surface area contributed by atoms with E-state index < -0.39 is 24.9 Å². The van der Waals surface area contributed by atoms with Crippen molar-refractivity contribution in [1.82, 2.24) is 4.90 Å². The lowest BCUT2D eigenvalue weighted by atomic mass is 10.2. The number of urea groups is 1. The van der Waals surface area contributed by atoms with Gasteiger partial charge in [0.05, 0.1) is 24.9 Å². The summed E-state index contributed by atoms with van der Waals surface area (Å²) >= 11 is 0. The van der Waals surface area contributed by atoms with Gasteiger partial charge in [0, 0.05) is 14.2 Å². The van der Waals surface area contributed by atoms with Gasteiger partial charge in [0.2, 0.25) is 0 Å². The zero-order valence-electron chi connectivity index (χ0n) is 13.7. The Kier molecular flexibility index (Phi) is 7.30. The number of halogens is 3. The largest absolute Gasteiger partial charge is 0.482 e. The van der Waals surface area contributed by atoms with Crippen LogP contribution in [0.25, 0.3) is 0 Å². The predicted molar refractivity (Wildman–Crippen MR) is 82.3 cm³/mol. The maximum absolute atomic E-state index is 12.3. The van der Waals surface area contributed by atoms with Gasteiger partial charge in [0.25, 0.3) is 0 Å². The van der Waals surface area contributed by atoms with Crippen molar-refractivity contribution in [2.75, 3.05) is 39.2 Å². The van der Waals surface area contributed by atoms with Gasteiger partial charge in [0.15, 0.2) is 6.61 Å². The van der Waals surface area contributed by atoms with E-state index >= 15 is 0 Å². The molecule has 1 rings (SSSR count). The number of amides is 2. The predicted octanol–water partition coefficient (Wildman–Crippen LogP) is 2.41. The number of carbonyl (C=O) groups is 1. The molecule has 1 atom stereocenters. The summed E-state index contributed by atoms with van der Waals surface area (Å²) in [6.45, 7) is 0.299. The number of benzene rings is 1. The second-order valence-corrected chi connectivity index (χ2v) is 5.32. The Hall–Kier alpha value is -2.00. The Labute approximate surface area is 138 Å². The molecule has 0 saturated carbocycles. The number of anilines is 1. The average Bonchev–Trinajstić information content (AvgIpc) is 2.46. The standard InChI is InChI=1S/C15H21F3N2O4/c1-10-4-5-12(13(6-10)24-9-15(16,17)18)19-14(22)20(2)7-11(21)8-23-3/h4-6,11,21H,7-9H2,1-3H3,(H,19,22). The number of rotatable bonds is 7. The van der Waals surface area contributed by atoms with Crippen LogP contribution in [0.4, 0.5) is 23.7 Å². The second-order valence-electron chi connectivity index (χ2n) is 5.32. The lowest BCUT2D eigenvalue weighted by Crippen LogP contribution is -2.38. The van der Waals surface area contributed by atoms with Gasteiger partial charge in [-0.25, -0.2) is 4.79 Å². The molecule has 2 amide bonds. The molecule has 0 aliphatic heterocycles. The van der Waals surface area contributed by atoms with Gasteiger partial charge in [-0.2, -0.15) is 13.2 Å². The molecule has 1 aromatic carbocycles. The number of carbonyl (C=O) groups excluding carboxylic acids is 1. The number of aliphatic hydroxyl groups is 1. The van der Waals surface area contributed by atoms with E-state index in [0.29, 0.717) is 5.56 Å². The molecule has 0 radical (unpaired) electrons. The number of nitrogens with zero attached hydrogens (tertiary/aromatic N) is 1. The Balaban J connectivity index is 2.77. The van der Waals surface area contributed by atoms with Gasteiger partial charge in [-0.1, -0.05) is 6.07 Å². The summed E-state index contributed by atoms with van der Waals surface area (Å²) in [6.07, 6.45) is -5.35. The van der Waals surface area contributed by atoms with Crippen LogP contribution < -0.4 is 10.1 Å². The maximum Gasteiger partial charge on any atom is 0.422 e. The Bertz CT molecular complexity index is 552. The van der Waals surface area contributed by atoms with Gasteiger partial charge in [-0.05, 0) is 24.6 Å². The van der Waals surface area contributed by atoms with Crippen LogP contribution >= 0.6 is 0 Å². The van der Waals surface area contributed by atoms with Crippen molar-refractivity contribution < 1.29 is 32.5 Å². The highest BCUT2D eigenvalue weighted by atomic mass is 19.4. The van der Waals surface area contributed by atoms with Gasteiger partial charge in [-0.15, -0.1) is 0 Å². The summed E-state index contributed by atoms with van der Waals surface area (Å²) in [7, 11) is 2.86. The third-order valence-electron chi connectivity index (χ3n) is 2.96. The highest BCUT2D eigenvalue weighted by molar-refractivity contribution is 5.90. The summed E-state index contributed by atoms with van der Waals surface area (Å²) in [6, 6.07) is 3.90. The van der Waals surface area contributed by atoms with E-state index in [1.165, 1.54) is 31.2 Å². The van der Waals surface area contributed by atoms with Crippen LogP contribution in [0, 0.1) is 6.92 Å². The number of methoxy groups -OCH3 is 1.